The number of nitrogens with one attached hydrogen (secondary N) is 1. The van der Waals surface area contributed by atoms with Crippen molar-refractivity contribution < 1.29 is 9.21 Å². The van der Waals surface area contributed by atoms with E-state index in [2.05, 4.69) is 10.3 Å². The highest BCUT2D eigenvalue weighted by molar-refractivity contribution is 7.99. The van der Waals surface area contributed by atoms with Gasteiger partial charge in [0, 0.05) is 36.5 Å². The van der Waals surface area contributed by atoms with Gasteiger partial charge in [0.25, 0.3) is 0 Å². The molecule has 0 radical (unpaired) electrons. The maximum Gasteiger partial charge on any atom is 0.232 e. The van der Waals surface area contributed by atoms with E-state index in [0.717, 1.165) is 24.1 Å². The van der Waals surface area contributed by atoms with Crippen molar-refractivity contribution in [1.82, 2.24) is 15.2 Å². The van der Waals surface area contributed by atoms with E-state index in [1.54, 1.807) is 18.0 Å². The van der Waals surface area contributed by atoms with Crippen LogP contribution < -0.4 is 5.32 Å². The van der Waals surface area contributed by atoms with Crippen LogP contribution in [0.4, 0.5) is 0 Å². The number of carbonyl (C=O) groups is 1. The predicted molar refractivity (Wildman–Crippen MR) is 104 cm³/mol. The minimum Gasteiger partial charge on any atom is -0.444 e. The molecule has 2 aliphatic rings. The second-order valence-corrected chi connectivity index (χ2v) is 8.26. The van der Waals surface area contributed by atoms with E-state index in [9.17, 15) is 4.79 Å². The number of hydrogen-bond donors (Lipinski definition) is 1. The van der Waals surface area contributed by atoms with Gasteiger partial charge in [-0.3, -0.25) is 4.79 Å². The first-order valence-corrected chi connectivity index (χ1v) is 10.4. The average Bonchev–Trinajstić information content (AvgIpc) is 3.28. The van der Waals surface area contributed by atoms with Crippen LogP contribution in [-0.4, -0.2) is 46.7 Å². The van der Waals surface area contributed by atoms with Gasteiger partial charge in [-0.15, -0.1) is 11.8 Å². The first-order chi connectivity index (χ1) is 12.7. The summed E-state index contributed by atoms with van der Waals surface area (Å²) in [6.07, 6.45) is 6.38. The number of fused-ring (bicyclic) bond motifs is 2. The Balaban J connectivity index is 1.25. The lowest BCUT2D eigenvalue weighted by Crippen LogP contribution is -2.49. The molecule has 0 aliphatic carbocycles. The van der Waals surface area contributed by atoms with E-state index < -0.39 is 0 Å². The number of aromatic nitrogens is 1. The van der Waals surface area contributed by atoms with Crippen LogP contribution in [0.1, 0.15) is 31.4 Å². The van der Waals surface area contributed by atoms with Crippen LogP contribution in [0.5, 0.6) is 0 Å². The summed E-state index contributed by atoms with van der Waals surface area (Å²) in [7, 11) is 1.96. The summed E-state index contributed by atoms with van der Waals surface area (Å²) >= 11 is 1.60. The molecular weight excluding hydrogens is 346 g/mol. The van der Waals surface area contributed by atoms with Gasteiger partial charge in [-0.1, -0.05) is 18.2 Å². The Bertz CT molecular complexity index is 737. The van der Waals surface area contributed by atoms with Gasteiger partial charge in [0.15, 0.2) is 0 Å². The highest BCUT2D eigenvalue weighted by Gasteiger charge is 2.36. The summed E-state index contributed by atoms with van der Waals surface area (Å²) in [5.74, 6) is 2.03. The Morgan fingerprint density at radius 2 is 2.00 bits per heavy atom. The van der Waals surface area contributed by atoms with Crippen molar-refractivity contribution in [3.63, 3.8) is 0 Å². The lowest BCUT2D eigenvalue weighted by atomic mass is 9.98. The molecule has 2 unspecified atom stereocenters. The van der Waals surface area contributed by atoms with Crippen LogP contribution in [0, 0.1) is 0 Å². The molecule has 5 nitrogen and oxygen atoms in total. The molecule has 1 N–H and O–H groups in total. The van der Waals surface area contributed by atoms with Crippen LogP contribution in [-0.2, 0) is 10.5 Å². The number of oxazole rings is 1. The van der Waals surface area contributed by atoms with Crippen LogP contribution in [0.15, 0.2) is 41.0 Å². The normalized spacial score (nSPS) is 24.6. The third-order valence-electron chi connectivity index (χ3n) is 5.44. The molecule has 2 atom stereocenters. The second-order valence-electron chi connectivity index (χ2n) is 7.27. The molecule has 2 aliphatic heterocycles. The lowest BCUT2D eigenvalue weighted by molar-refractivity contribution is -0.129. The SMILES string of the molecule is CN(C(=O)CSCc1coc(-c2ccccc2)n1)C1CC2CCC(C1)N2. The van der Waals surface area contributed by atoms with E-state index in [4.69, 9.17) is 4.42 Å². The number of benzene rings is 1. The number of amides is 1. The third kappa shape index (κ3) is 3.96. The van der Waals surface area contributed by atoms with Gasteiger partial charge in [0.1, 0.15) is 6.26 Å². The van der Waals surface area contributed by atoms with Crippen molar-refractivity contribution in [2.45, 2.75) is 49.6 Å². The molecule has 1 aromatic heterocycles. The number of carbonyl (C=O) groups excluding carboxylic acids is 1. The molecule has 2 aromatic rings. The lowest BCUT2D eigenvalue weighted by Gasteiger charge is -2.35. The number of hydrogen-bond acceptors (Lipinski definition) is 5. The monoisotopic (exact) mass is 371 g/mol. The third-order valence-corrected chi connectivity index (χ3v) is 6.39. The highest BCUT2D eigenvalue weighted by Crippen LogP contribution is 2.29. The van der Waals surface area contributed by atoms with Crippen LogP contribution >= 0.6 is 11.8 Å². The molecule has 4 rings (SSSR count). The quantitative estimate of drug-likeness (QED) is 0.844. The van der Waals surface area contributed by atoms with Crippen molar-refractivity contribution >= 4 is 17.7 Å². The molecule has 0 spiro atoms. The number of piperidine rings is 1. The molecule has 2 fully saturated rings. The fourth-order valence-electron chi connectivity index (χ4n) is 3.98. The smallest absolute Gasteiger partial charge is 0.232 e. The Kier molecular flexibility index (Phi) is 5.31. The Hall–Kier alpha value is -1.79. The first-order valence-electron chi connectivity index (χ1n) is 9.28. The summed E-state index contributed by atoms with van der Waals surface area (Å²) in [5, 5.41) is 3.63. The predicted octanol–water partition coefficient (Wildman–Crippen LogP) is 3.32. The van der Waals surface area contributed by atoms with Gasteiger partial charge >= 0.3 is 0 Å². The molecule has 3 heterocycles. The second kappa shape index (κ2) is 7.84. The fourth-order valence-corrected chi connectivity index (χ4v) is 4.80. The van der Waals surface area contributed by atoms with Gasteiger partial charge in [-0.2, -0.15) is 0 Å². The topological polar surface area (TPSA) is 58.4 Å². The van der Waals surface area contributed by atoms with Crippen molar-refractivity contribution in [1.29, 1.82) is 0 Å². The molecule has 0 saturated carbocycles. The molecule has 1 aromatic carbocycles. The van der Waals surface area contributed by atoms with Crippen LogP contribution in [0.25, 0.3) is 11.5 Å². The van der Waals surface area contributed by atoms with Crippen molar-refractivity contribution in [3.05, 3.63) is 42.3 Å². The van der Waals surface area contributed by atoms with E-state index in [1.807, 2.05) is 42.3 Å². The Morgan fingerprint density at radius 3 is 2.73 bits per heavy atom. The summed E-state index contributed by atoms with van der Waals surface area (Å²) in [4.78, 5) is 19.0. The van der Waals surface area contributed by atoms with E-state index in [-0.39, 0.29) is 5.91 Å². The standard InChI is InChI=1S/C20H25N3O2S/c1-23(18-9-15-7-8-16(10-18)21-15)19(24)13-26-12-17-11-25-20(22-17)14-5-3-2-4-6-14/h2-6,11,15-16,18,21H,7-10,12-13H2,1H3. The van der Waals surface area contributed by atoms with Gasteiger partial charge in [0.05, 0.1) is 11.4 Å². The minimum atomic E-state index is 0.216. The Morgan fingerprint density at radius 1 is 1.27 bits per heavy atom. The fraction of sp³-hybridized carbons (Fsp3) is 0.500. The largest absolute Gasteiger partial charge is 0.444 e. The minimum absolute atomic E-state index is 0.216. The number of nitrogens with zero attached hydrogens (tertiary/aromatic N) is 2. The molecule has 2 bridgehead atoms. The molecule has 138 valence electrons. The van der Waals surface area contributed by atoms with Crippen molar-refractivity contribution in [2.24, 2.45) is 0 Å². The highest BCUT2D eigenvalue weighted by atomic mass is 32.2. The Labute approximate surface area is 158 Å². The summed E-state index contributed by atoms with van der Waals surface area (Å²) < 4.78 is 5.55. The van der Waals surface area contributed by atoms with Crippen molar-refractivity contribution in [3.8, 4) is 11.5 Å². The first kappa shape index (κ1) is 17.6. The van der Waals surface area contributed by atoms with Gasteiger partial charge < -0.3 is 14.6 Å². The number of thioether (sulfide) groups is 1. The van der Waals surface area contributed by atoms with E-state index in [0.29, 0.717) is 35.5 Å². The zero-order chi connectivity index (χ0) is 17.9. The van der Waals surface area contributed by atoms with Crippen LogP contribution in [0.2, 0.25) is 0 Å². The van der Waals surface area contributed by atoms with Gasteiger partial charge in [0.2, 0.25) is 11.8 Å². The molecule has 26 heavy (non-hydrogen) atoms. The maximum atomic E-state index is 12.5. The zero-order valence-corrected chi connectivity index (χ0v) is 15.9. The van der Waals surface area contributed by atoms with Crippen LogP contribution in [0.3, 0.4) is 0 Å². The molecule has 6 heteroatoms. The van der Waals surface area contributed by atoms with Gasteiger partial charge in [-0.25, -0.2) is 4.98 Å². The maximum absolute atomic E-state index is 12.5. The van der Waals surface area contributed by atoms with E-state index in [1.165, 1.54) is 12.8 Å². The molecule has 2 saturated heterocycles. The zero-order valence-electron chi connectivity index (χ0n) is 15.1. The summed E-state index contributed by atoms with van der Waals surface area (Å²) in [6, 6.07) is 11.5. The number of rotatable bonds is 6. The summed E-state index contributed by atoms with van der Waals surface area (Å²) in [6.45, 7) is 0. The average molecular weight is 372 g/mol. The molecule has 1 amide bonds. The van der Waals surface area contributed by atoms with Gasteiger partial charge in [-0.05, 0) is 37.8 Å². The molecular formula is C20H25N3O2S. The van der Waals surface area contributed by atoms with Crippen molar-refractivity contribution in [2.75, 3.05) is 12.8 Å². The summed E-state index contributed by atoms with van der Waals surface area (Å²) in [5.41, 5.74) is 1.85. The van der Waals surface area contributed by atoms with E-state index >= 15 is 0 Å².